The maximum Gasteiger partial charge on any atom is 0.186 e. The average Bonchev–Trinajstić information content (AvgIpc) is 2.18. The van der Waals surface area contributed by atoms with E-state index in [1.54, 1.807) is 13.8 Å². The van der Waals surface area contributed by atoms with E-state index in [1.165, 1.54) is 0 Å². The van der Waals surface area contributed by atoms with Crippen LogP contribution in [-0.4, -0.2) is 6.10 Å². The molecule has 0 spiro atoms. The molecule has 0 aliphatic heterocycles. The van der Waals surface area contributed by atoms with Crippen LogP contribution in [-0.2, 0) is 0 Å². The van der Waals surface area contributed by atoms with Crippen LogP contribution in [0.2, 0.25) is 15.1 Å². The Balaban J connectivity index is 3.39. The van der Waals surface area contributed by atoms with E-state index in [0.717, 1.165) is 0 Å². The summed E-state index contributed by atoms with van der Waals surface area (Å²) in [6.07, 6.45) is -0.353. The molecule has 1 aromatic carbocycles. The third kappa shape index (κ3) is 2.47. The molecule has 1 aromatic rings. The predicted octanol–water partition coefficient (Wildman–Crippen LogP) is 4.71. The van der Waals surface area contributed by atoms with Gasteiger partial charge in [-0.15, -0.1) is 0 Å². The van der Waals surface area contributed by atoms with Gasteiger partial charge in [-0.2, -0.15) is 0 Å². The summed E-state index contributed by atoms with van der Waals surface area (Å²) in [6.45, 7) is 3.30. The van der Waals surface area contributed by atoms with Crippen LogP contribution in [0.5, 0.6) is 5.75 Å². The van der Waals surface area contributed by atoms with Gasteiger partial charge in [-0.3, -0.25) is 0 Å². The molecule has 0 unspecified atom stereocenters. The quantitative estimate of drug-likeness (QED) is 0.561. The van der Waals surface area contributed by atoms with Gasteiger partial charge in [-0.1, -0.05) is 34.8 Å². The fraction of sp³-hybridized carbons (Fsp3) is 0.333. The van der Waals surface area contributed by atoms with E-state index in [4.69, 9.17) is 39.5 Å². The molecule has 84 valence electrons. The third-order valence-electron chi connectivity index (χ3n) is 1.52. The number of hydrogen-bond acceptors (Lipinski definition) is 1. The predicted molar refractivity (Wildman–Crippen MR) is 57.2 cm³/mol. The van der Waals surface area contributed by atoms with Crippen LogP contribution in [0.3, 0.4) is 0 Å². The van der Waals surface area contributed by atoms with Crippen LogP contribution in [0.25, 0.3) is 0 Å². The molecule has 0 atom stereocenters. The minimum atomic E-state index is -0.986. The molecule has 0 radical (unpaired) electrons. The monoisotopic (exact) mass is 274 g/mol. The Kier molecular flexibility index (Phi) is 4.04. The van der Waals surface area contributed by atoms with Gasteiger partial charge in [0, 0.05) is 0 Å². The molecule has 1 rings (SSSR count). The SMILES string of the molecule is CC(C)Oc1c(F)c(Cl)c(Cl)c(F)c1Cl. The Bertz CT molecular complexity index is 364. The van der Waals surface area contributed by atoms with E-state index in [-0.39, 0.29) is 6.10 Å². The summed E-state index contributed by atoms with van der Waals surface area (Å²) in [7, 11) is 0. The van der Waals surface area contributed by atoms with Crippen LogP contribution in [0.1, 0.15) is 13.8 Å². The van der Waals surface area contributed by atoms with Gasteiger partial charge < -0.3 is 4.74 Å². The molecule has 0 fully saturated rings. The Morgan fingerprint density at radius 1 is 0.933 bits per heavy atom. The maximum absolute atomic E-state index is 13.5. The van der Waals surface area contributed by atoms with Crippen LogP contribution in [0, 0.1) is 11.6 Å². The van der Waals surface area contributed by atoms with Crippen molar-refractivity contribution >= 4 is 34.8 Å². The molecule has 0 saturated carbocycles. The normalized spacial score (nSPS) is 10.9. The highest BCUT2D eigenvalue weighted by Gasteiger charge is 2.23. The van der Waals surface area contributed by atoms with E-state index in [0.29, 0.717) is 0 Å². The first-order valence-electron chi connectivity index (χ1n) is 4.04. The van der Waals surface area contributed by atoms with Crippen molar-refractivity contribution in [2.24, 2.45) is 0 Å². The summed E-state index contributed by atoms with van der Waals surface area (Å²) in [6, 6.07) is 0. The van der Waals surface area contributed by atoms with E-state index in [9.17, 15) is 8.78 Å². The van der Waals surface area contributed by atoms with Crippen molar-refractivity contribution in [2.75, 3.05) is 0 Å². The Morgan fingerprint density at radius 2 is 1.40 bits per heavy atom. The molecule has 0 amide bonds. The van der Waals surface area contributed by atoms with Crippen molar-refractivity contribution in [1.82, 2.24) is 0 Å². The lowest BCUT2D eigenvalue weighted by atomic mass is 10.3. The largest absolute Gasteiger partial charge is 0.486 e. The third-order valence-corrected chi connectivity index (χ3v) is 2.67. The minimum Gasteiger partial charge on any atom is -0.486 e. The second-order valence-corrected chi connectivity index (χ2v) is 4.20. The fourth-order valence-corrected chi connectivity index (χ4v) is 1.54. The Labute approximate surface area is 101 Å². The molecule has 0 heterocycles. The van der Waals surface area contributed by atoms with Crippen molar-refractivity contribution in [3.63, 3.8) is 0 Å². The van der Waals surface area contributed by atoms with Crippen molar-refractivity contribution < 1.29 is 13.5 Å². The number of benzene rings is 1. The van der Waals surface area contributed by atoms with Crippen molar-refractivity contribution in [3.8, 4) is 5.75 Å². The summed E-state index contributed by atoms with van der Waals surface area (Å²) in [5.74, 6) is -2.36. The van der Waals surface area contributed by atoms with Gasteiger partial charge in [0.2, 0.25) is 0 Å². The lowest BCUT2D eigenvalue weighted by Crippen LogP contribution is -2.08. The van der Waals surface area contributed by atoms with E-state index in [1.807, 2.05) is 0 Å². The number of halogens is 5. The van der Waals surface area contributed by atoms with Gasteiger partial charge in [-0.25, -0.2) is 8.78 Å². The topological polar surface area (TPSA) is 9.23 Å². The van der Waals surface area contributed by atoms with Crippen LogP contribution < -0.4 is 4.74 Å². The van der Waals surface area contributed by atoms with Gasteiger partial charge in [0.25, 0.3) is 0 Å². The van der Waals surface area contributed by atoms with E-state index >= 15 is 0 Å². The van der Waals surface area contributed by atoms with Gasteiger partial charge in [0.1, 0.15) is 10.0 Å². The highest BCUT2D eigenvalue weighted by atomic mass is 35.5. The van der Waals surface area contributed by atoms with Gasteiger partial charge in [0.15, 0.2) is 17.4 Å². The van der Waals surface area contributed by atoms with E-state index in [2.05, 4.69) is 0 Å². The number of ether oxygens (including phenoxy) is 1. The average molecular weight is 276 g/mol. The lowest BCUT2D eigenvalue weighted by molar-refractivity contribution is 0.230. The second kappa shape index (κ2) is 4.73. The van der Waals surface area contributed by atoms with Crippen LogP contribution in [0.4, 0.5) is 8.78 Å². The highest BCUT2D eigenvalue weighted by molar-refractivity contribution is 6.43. The molecule has 0 aliphatic rings. The molecule has 0 saturated heterocycles. The summed E-state index contributed by atoms with van der Waals surface area (Å²) in [5, 5.41) is -1.58. The maximum atomic E-state index is 13.5. The van der Waals surface area contributed by atoms with Crippen LogP contribution in [0.15, 0.2) is 0 Å². The first kappa shape index (κ1) is 12.8. The first-order valence-corrected chi connectivity index (χ1v) is 5.17. The molecular formula is C9H7Cl3F2O. The molecule has 0 aromatic heterocycles. The zero-order valence-corrected chi connectivity index (χ0v) is 10.1. The zero-order chi connectivity index (χ0) is 11.7. The highest BCUT2D eigenvalue weighted by Crippen LogP contribution is 2.41. The molecule has 1 nitrogen and oxygen atoms in total. The van der Waals surface area contributed by atoms with Crippen molar-refractivity contribution in [2.45, 2.75) is 20.0 Å². The first-order chi connectivity index (χ1) is 6.86. The van der Waals surface area contributed by atoms with Gasteiger partial charge in [0.05, 0.1) is 11.1 Å². The molecule has 0 aliphatic carbocycles. The van der Waals surface area contributed by atoms with Gasteiger partial charge in [-0.05, 0) is 13.8 Å². The zero-order valence-electron chi connectivity index (χ0n) is 7.88. The molecule has 0 N–H and O–H groups in total. The summed E-state index contributed by atoms with van der Waals surface area (Å²) >= 11 is 16.4. The lowest BCUT2D eigenvalue weighted by Gasteiger charge is -2.14. The number of hydrogen-bond donors (Lipinski definition) is 0. The minimum absolute atomic E-state index is 0.353. The molecule has 0 bridgehead atoms. The van der Waals surface area contributed by atoms with Crippen LogP contribution >= 0.6 is 34.8 Å². The van der Waals surface area contributed by atoms with Crippen molar-refractivity contribution in [3.05, 3.63) is 26.7 Å². The Hall–Kier alpha value is -0.250. The molecular weight excluding hydrogens is 268 g/mol. The second-order valence-electron chi connectivity index (χ2n) is 3.07. The van der Waals surface area contributed by atoms with Gasteiger partial charge >= 0.3 is 0 Å². The summed E-state index contributed by atoms with van der Waals surface area (Å²) in [4.78, 5) is 0. The van der Waals surface area contributed by atoms with Crippen molar-refractivity contribution in [1.29, 1.82) is 0 Å². The summed E-state index contributed by atoms with van der Waals surface area (Å²) < 4.78 is 31.8. The number of rotatable bonds is 2. The standard InChI is InChI=1S/C9H7Cl3F2O/c1-3(2)15-9-6(12)7(13)4(10)5(11)8(9)14/h3H,1-2H3. The summed E-state index contributed by atoms with van der Waals surface area (Å²) in [5.41, 5.74) is 0. The smallest absolute Gasteiger partial charge is 0.186 e. The molecule has 15 heavy (non-hydrogen) atoms. The Morgan fingerprint density at radius 3 is 1.87 bits per heavy atom. The molecule has 6 heteroatoms. The van der Waals surface area contributed by atoms with E-state index < -0.39 is 32.5 Å². The fourth-order valence-electron chi connectivity index (χ4n) is 0.924.